The summed E-state index contributed by atoms with van der Waals surface area (Å²) in [5.41, 5.74) is 2.57. The topological polar surface area (TPSA) is 28.2 Å². The van der Waals surface area contributed by atoms with E-state index in [2.05, 4.69) is 57.0 Å². The molecular weight excluding hydrogens is 258 g/mol. The van der Waals surface area contributed by atoms with Crippen molar-refractivity contribution < 1.29 is 0 Å². The van der Waals surface area contributed by atoms with Crippen molar-refractivity contribution in [1.29, 1.82) is 0 Å². The highest BCUT2D eigenvalue weighted by Gasteiger charge is 2.19. The normalized spacial score (nSPS) is 19.6. The van der Waals surface area contributed by atoms with Crippen LogP contribution in [0.5, 0.6) is 0 Å². The van der Waals surface area contributed by atoms with E-state index in [1.807, 2.05) is 0 Å². The Kier molecular flexibility index (Phi) is 5.63. The van der Waals surface area contributed by atoms with Crippen LogP contribution in [0.15, 0.2) is 12.1 Å². The maximum absolute atomic E-state index is 4.92. The van der Waals surface area contributed by atoms with E-state index in [0.29, 0.717) is 12.0 Å². The Morgan fingerprint density at radius 2 is 2.05 bits per heavy atom. The molecular formula is C18H31N3. The lowest BCUT2D eigenvalue weighted by atomic mass is 10.00. The summed E-state index contributed by atoms with van der Waals surface area (Å²) < 4.78 is 0. The molecule has 2 rings (SSSR count). The van der Waals surface area contributed by atoms with Crippen LogP contribution in [0.1, 0.15) is 64.6 Å². The average molecular weight is 289 g/mol. The van der Waals surface area contributed by atoms with Gasteiger partial charge in [-0.2, -0.15) is 0 Å². The van der Waals surface area contributed by atoms with Gasteiger partial charge >= 0.3 is 0 Å². The Labute approximate surface area is 130 Å². The van der Waals surface area contributed by atoms with Gasteiger partial charge in [0.1, 0.15) is 5.82 Å². The molecule has 1 saturated heterocycles. The molecule has 2 heterocycles. The van der Waals surface area contributed by atoms with E-state index in [1.54, 1.807) is 0 Å². The summed E-state index contributed by atoms with van der Waals surface area (Å²) in [5, 5.41) is 3.52. The summed E-state index contributed by atoms with van der Waals surface area (Å²) >= 11 is 0. The minimum absolute atomic E-state index is 0.477. The smallest absolute Gasteiger partial charge is 0.129 e. The molecule has 1 aromatic rings. The molecule has 0 aromatic carbocycles. The van der Waals surface area contributed by atoms with Crippen molar-refractivity contribution in [2.45, 2.75) is 66.0 Å². The van der Waals surface area contributed by atoms with Gasteiger partial charge in [-0.05, 0) is 42.4 Å². The third-order valence-corrected chi connectivity index (χ3v) is 4.18. The fraction of sp³-hybridized carbons (Fsp3) is 0.722. The van der Waals surface area contributed by atoms with Crippen molar-refractivity contribution in [3.8, 4) is 0 Å². The molecule has 21 heavy (non-hydrogen) atoms. The second kappa shape index (κ2) is 7.26. The number of hydrogen-bond acceptors (Lipinski definition) is 3. The molecule has 0 amide bonds. The molecule has 3 heteroatoms. The molecule has 0 aliphatic carbocycles. The molecule has 1 fully saturated rings. The number of hydrogen-bond donors (Lipinski definition) is 1. The predicted octanol–water partition coefficient (Wildman–Crippen LogP) is 3.94. The molecule has 118 valence electrons. The zero-order valence-electron chi connectivity index (χ0n) is 14.3. The van der Waals surface area contributed by atoms with Crippen LogP contribution >= 0.6 is 0 Å². The average Bonchev–Trinajstić information content (AvgIpc) is 2.44. The first-order valence-corrected chi connectivity index (χ1v) is 8.45. The van der Waals surface area contributed by atoms with Crippen LogP contribution in [0.4, 0.5) is 5.82 Å². The molecule has 0 radical (unpaired) electrons. The predicted molar refractivity (Wildman–Crippen MR) is 90.9 cm³/mol. The van der Waals surface area contributed by atoms with E-state index >= 15 is 0 Å². The number of nitrogens with zero attached hydrogens (tertiary/aromatic N) is 2. The Morgan fingerprint density at radius 1 is 1.29 bits per heavy atom. The van der Waals surface area contributed by atoms with Gasteiger partial charge in [0, 0.05) is 31.4 Å². The first kappa shape index (κ1) is 16.3. The van der Waals surface area contributed by atoms with Crippen LogP contribution in [0.25, 0.3) is 0 Å². The fourth-order valence-electron chi connectivity index (χ4n) is 2.87. The van der Waals surface area contributed by atoms with E-state index in [-0.39, 0.29) is 0 Å². The van der Waals surface area contributed by atoms with E-state index < -0.39 is 0 Å². The number of aromatic nitrogens is 1. The Morgan fingerprint density at radius 3 is 2.67 bits per heavy atom. The van der Waals surface area contributed by atoms with Crippen molar-refractivity contribution in [2.24, 2.45) is 5.92 Å². The fourth-order valence-corrected chi connectivity index (χ4v) is 2.87. The second-order valence-electron chi connectivity index (χ2n) is 7.14. The highest BCUT2D eigenvalue weighted by Crippen LogP contribution is 2.25. The van der Waals surface area contributed by atoms with Crippen molar-refractivity contribution >= 4 is 5.82 Å². The van der Waals surface area contributed by atoms with Gasteiger partial charge in [-0.1, -0.05) is 34.6 Å². The van der Waals surface area contributed by atoms with Crippen LogP contribution in [0, 0.1) is 5.92 Å². The quantitative estimate of drug-likeness (QED) is 0.890. The number of rotatable bonds is 5. The summed E-state index contributed by atoms with van der Waals surface area (Å²) in [7, 11) is 0. The van der Waals surface area contributed by atoms with Gasteiger partial charge in [-0.25, -0.2) is 4.98 Å². The molecule has 1 aliphatic rings. The number of nitrogens with one attached hydrogen (secondary N) is 1. The largest absolute Gasteiger partial charge is 0.356 e. The molecule has 0 spiro atoms. The summed E-state index contributed by atoms with van der Waals surface area (Å²) in [4.78, 5) is 7.39. The molecule has 0 bridgehead atoms. The summed E-state index contributed by atoms with van der Waals surface area (Å²) in [5.74, 6) is 2.43. The van der Waals surface area contributed by atoms with Crippen LogP contribution in [0.2, 0.25) is 0 Å². The minimum atomic E-state index is 0.477. The molecule has 1 aromatic heterocycles. The van der Waals surface area contributed by atoms with Gasteiger partial charge in [0.15, 0.2) is 0 Å². The maximum Gasteiger partial charge on any atom is 0.129 e. The number of piperidine rings is 1. The third kappa shape index (κ3) is 4.70. The van der Waals surface area contributed by atoms with Crippen molar-refractivity contribution in [3.63, 3.8) is 0 Å². The Balaban J connectivity index is 2.22. The zero-order chi connectivity index (χ0) is 15.4. The second-order valence-corrected chi connectivity index (χ2v) is 7.14. The van der Waals surface area contributed by atoms with E-state index in [4.69, 9.17) is 4.98 Å². The SMILES string of the molecule is CC1CCCN(c2cc(CNC(C)C)cc(C(C)C)n2)C1. The first-order chi connectivity index (χ1) is 9.95. The summed E-state index contributed by atoms with van der Waals surface area (Å²) in [6, 6.07) is 5.05. The third-order valence-electron chi connectivity index (χ3n) is 4.18. The van der Waals surface area contributed by atoms with E-state index in [1.165, 1.54) is 29.9 Å². The van der Waals surface area contributed by atoms with Crippen molar-refractivity contribution in [3.05, 3.63) is 23.4 Å². The highest BCUT2D eigenvalue weighted by molar-refractivity contribution is 5.44. The van der Waals surface area contributed by atoms with Crippen molar-refractivity contribution in [1.82, 2.24) is 10.3 Å². The van der Waals surface area contributed by atoms with Gasteiger partial charge in [0.25, 0.3) is 0 Å². The molecule has 0 saturated carbocycles. The number of pyridine rings is 1. The Hall–Kier alpha value is -1.09. The van der Waals surface area contributed by atoms with Gasteiger partial charge in [0.2, 0.25) is 0 Å². The summed E-state index contributed by atoms with van der Waals surface area (Å²) in [6.45, 7) is 14.4. The highest BCUT2D eigenvalue weighted by atomic mass is 15.2. The maximum atomic E-state index is 4.92. The van der Waals surface area contributed by atoms with Crippen LogP contribution in [0.3, 0.4) is 0 Å². The van der Waals surface area contributed by atoms with E-state index in [0.717, 1.165) is 25.6 Å². The number of anilines is 1. The van der Waals surface area contributed by atoms with Crippen LogP contribution in [-0.4, -0.2) is 24.1 Å². The van der Waals surface area contributed by atoms with Gasteiger partial charge < -0.3 is 10.2 Å². The molecule has 1 aliphatic heterocycles. The zero-order valence-corrected chi connectivity index (χ0v) is 14.3. The first-order valence-electron chi connectivity index (χ1n) is 8.45. The van der Waals surface area contributed by atoms with Gasteiger partial charge in [0.05, 0.1) is 0 Å². The summed E-state index contributed by atoms with van der Waals surface area (Å²) in [6.07, 6.45) is 2.64. The standard InChI is InChI=1S/C18H31N3/c1-13(2)17-9-16(11-19-14(3)4)10-18(20-17)21-8-6-7-15(5)12-21/h9-10,13-15,19H,6-8,11-12H2,1-5H3. The minimum Gasteiger partial charge on any atom is -0.356 e. The lowest BCUT2D eigenvalue weighted by molar-refractivity contribution is 0.444. The lowest BCUT2D eigenvalue weighted by Gasteiger charge is -2.32. The van der Waals surface area contributed by atoms with Crippen LogP contribution in [-0.2, 0) is 6.54 Å². The molecule has 3 nitrogen and oxygen atoms in total. The molecule has 1 atom stereocenters. The van der Waals surface area contributed by atoms with E-state index in [9.17, 15) is 0 Å². The van der Waals surface area contributed by atoms with Crippen LogP contribution < -0.4 is 10.2 Å². The van der Waals surface area contributed by atoms with Gasteiger partial charge in [-0.15, -0.1) is 0 Å². The molecule has 1 N–H and O–H groups in total. The lowest BCUT2D eigenvalue weighted by Crippen LogP contribution is -2.35. The van der Waals surface area contributed by atoms with Gasteiger partial charge in [-0.3, -0.25) is 0 Å². The Bertz CT molecular complexity index is 454. The molecule has 1 unspecified atom stereocenters. The monoisotopic (exact) mass is 289 g/mol. The van der Waals surface area contributed by atoms with Crippen molar-refractivity contribution in [2.75, 3.05) is 18.0 Å².